The summed E-state index contributed by atoms with van der Waals surface area (Å²) >= 11 is 1.63. The summed E-state index contributed by atoms with van der Waals surface area (Å²) in [5.74, 6) is 0.484. The fraction of sp³-hybridized carbons (Fsp3) is 0.500. The van der Waals surface area contributed by atoms with Crippen LogP contribution in [0.1, 0.15) is 35.8 Å². The van der Waals surface area contributed by atoms with E-state index in [2.05, 4.69) is 29.4 Å². The van der Waals surface area contributed by atoms with Gasteiger partial charge in [0.25, 0.3) is 0 Å². The Bertz CT molecular complexity index is 554. The van der Waals surface area contributed by atoms with E-state index in [0.717, 1.165) is 41.5 Å². The lowest BCUT2D eigenvalue weighted by atomic mass is 10.1. The van der Waals surface area contributed by atoms with E-state index in [4.69, 9.17) is 0 Å². The van der Waals surface area contributed by atoms with Crippen molar-refractivity contribution < 1.29 is 4.39 Å². The first kappa shape index (κ1) is 16.0. The van der Waals surface area contributed by atoms with Gasteiger partial charge < -0.3 is 5.32 Å². The topological polar surface area (TPSA) is 37.8 Å². The molecule has 0 saturated carbocycles. The van der Waals surface area contributed by atoms with Crippen molar-refractivity contribution in [1.82, 2.24) is 15.5 Å². The van der Waals surface area contributed by atoms with Gasteiger partial charge in [0.1, 0.15) is 15.8 Å². The van der Waals surface area contributed by atoms with Crippen LogP contribution in [0.15, 0.2) is 24.3 Å². The lowest BCUT2D eigenvalue weighted by molar-refractivity contribution is 0.542. The highest BCUT2D eigenvalue weighted by Gasteiger charge is 2.06. The Morgan fingerprint density at radius 1 is 1.24 bits per heavy atom. The predicted molar refractivity (Wildman–Crippen MR) is 85.1 cm³/mol. The van der Waals surface area contributed by atoms with Crippen molar-refractivity contribution in [2.75, 3.05) is 13.1 Å². The van der Waals surface area contributed by atoms with Gasteiger partial charge in [-0.05, 0) is 43.1 Å². The highest BCUT2D eigenvalue weighted by atomic mass is 32.1. The van der Waals surface area contributed by atoms with Gasteiger partial charge in [-0.3, -0.25) is 0 Å². The van der Waals surface area contributed by atoms with Crippen LogP contribution in [0.2, 0.25) is 0 Å². The minimum Gasteiger partial charge on any atom is -0.316 e. The normalized spacial score (nSPS) is 11.2. The average Bonchev–Trinajstić information content (AvgIpc) is 2.85. The molecule has 2 rings (SSSR count). The van der Waals surface area contributed by atoms with E-state index in [1.54, 1.807) is 23.5 Å². The van der Waals surface area contributed by atoms with Crippen molar-refractivity contribution in [2.45, 2.75) is 33.1 Å². The fourth-order valence-electron chi connectivity index (χ4n) is 2.04. The van der Waals surface area contributed by atoms with Crippen molar-refractivity contribution in [3.8, 4) is 0 Å². The number of halogens is 1. The summed E-state index contributed by atoms with van der Waals surface area (Å²) < 4.78 is 13.1. The Hall–Kier alpha value is -1.33. The molecule has 1 aromatic carbocycles. The first-order valence-electron chi connectivity index (χ1n) is 7.40. The van der Waals surface area contributed by atoms with Crippen LogP contribution in [0.3, 0.4) is 0 Å². The highest BCUT2D eigenvalue weighted by Crippen LogP contribution is 2.16. The van der Waals surface area contributed by atoms with Gasteiger partial charge in [-0.25, -0.2) is 4.39 Å². The molecule has 3 nitrogen and oxygen atoms in total. The molecular weight excluding hydrogens is 285 g/mol. The van der Waals surface area contributed by atoms with Crippen molar-refractivity contribution >= 4 is 11.3 Å². The van der Waals surface area contributed by atoms with Gasteiger partial charge in [0.2, 0.25) is 0 Å². The smallest absolute Gasteiger partial charge is 0.123 e. The van der Waals surface area contributed by atoms with E-state index < -0.39 is 0 Å². The summed E-state index contributed by atoms with van der Waals surface area (Å²) in [4.78, 5) is 0. The molecule has 0 unspecified atom stereocenters. The van der Waals surface area contributed by atoms with Crippen molar-refractivity contribution in [1.29, 1.82) is 0 Å². The third kappa shape index (κ3) is 5.89. The number of hydrogen-bond acceptors (Lipinski definition) is 4. The van der Waals surface area contributed by atoms with Gasteiger partial charge in [0.05, 0.1) is 0 Å². The van der Waals surface area contributed by atoms with Gasteiger partial charge in [0.15, 0.2) is 0 Å². The average molecular weight is 307 g/mol. The fourth-order valence-corrected chi connectivity index (χ4v) is 2.96. The first-order valence-corrected chi connectivity index (χ1v) is 8.21. The first-order chi connectivity index (χ1) is 10.1. The Morgan fingerprint density at radius 2 is 2.05 bits per heavy atom. The van der Waals surface area contributed by atoms with Crippen molar-refractivity contribution in [2.24, 2.45) is 5.92 Å². The van der Waals surface area contributed by atoms with Crippen LogP contribution < -0.4 is 5.32 Å². The Balaban J connectivity index is 1.76. The standard InChI is InChI=1S/C16H22FN3S/c1-12(2)11-18-8-4-7-15-19-20-16(21-15)10-13-5-3-6-14(17)9-13/h3,5-6,9,12,18H,4,7-8,10-11H2,1-2H3. The van der Waals surface area contributed by atoms with Crippen LogP contribution in [0.25, 0.3) is 0 Å². The Morgan fingerprint density at radius 3 is 2.81 bits per heavy atom. The van der Waals surface area contributed by atoms with Crippen LogP contribution in [0, 0.1) is 11.7 Å². The molecule has 0 bridgehead atoms. The maximum Gasteiger partial charge on any atom is 0.123 e. The van der Waals surface area contributed by atoms with E-state index in [1.165, 1.54) is 6.07 Å². The quantitative estimate of drug-likeness (QED) is 0.759. The van der Waals surface area contributed by atoms with E-state index in [-0.39, 0.29) is 5.82 Å². The zero-order valence-electron chi connectivity index (χ0n) is 12.6. The number of benzene rings is 1. The molecule has 0 spiro atoms. The van der Waals surface area contributed by atoms with Crippen LogP contribution in [0.5, 0.6) is 0 Å². The number of nitrogens with one attached hydrogen (secondary N) is 1. The second-order valence-electron chi connectivity index (χ2n) is 5.60. The second-order valence-corrected chi connectivity index (χ2v) is 6.74. The van der Waals surface area contributed by atoms with E-state index in [1.807, 2.05) is 6.07 Å². The van der Waals surface area contributed by atoms with Crippen LogP contribution in [-0.2, 0) is 12.8 Å². The van der Waals surface area contributed by atoms with Gasteiger partial charge in [-0.1, -0.05) is 26.0 Å². The van der Waals surface area contributed by atoms with E-state index >= 15 is 0 Å². The molecule has 0 atom stereocenters. The molecule has 0 fully saturated rings. The van der Waals surface area contributed by atoms with Crippen LogP contribution in [0.4, 0.5) is 4.39 Å². The molecule has 0 amide bonds. The third-order valence-corrected chi connectivity index (χ3v) is 4.03. The molecule has 5 heteroatoms. The number of rotatable bonds is 8. The molecule has 114 valence electrons. The molecule has 0 aliphatic heterocycles. The minimum atomic E-state index is -0.200. The summed E-state index contributed by atoms with van der Waals surface area (Å²) in [6.45, 7) is 6.48. The van der Waals surface area contributed by atoms with Gasteiger partial charge in [-0.15, -0.1) is 21.5 Å². The van der Waals surface area contributed by atoms with Crippen LogP contribution in [-0.4, -0.2) is 23.3 Å². The zero-order chi connectivity index (χ0) is 15.1. The number of aromatic nitrogens is 2. The highest BCUT2D eigenvalue weighted by molar-refractivity contribution is 7.11. The Labute approximate surface area is 129 Å². The summed E-state index contributed by atoms with van der Waals surface area (Å²) in [6, 6.07) is 6.66. The van der Waals surface area contributed by atoms with Gasteiger partial charge >= 0.3 is 0 Å². The molecule has 1 N–H and O–H groups in total. The van der Waals surface area contributed by atoms with Gasteiger partial charge in [-0.2, -0.15) is 0 Å². The molecule has 0 saturated heterocycles. The maximum atomic E-state index is 13.1. The minimum absolute atomic E-state index is 0.200. The summed E-state index contributed by atoms with van der Waals surface area (Å²) in [7, 11) is 0. The van der Waals surface area contributed by atoms with E-state index in [0.29, 0.717) is 12.3 Å². The number of hydrogen-bond donors (Lipinski definition) is 1. The van der Waals surface area contributed by atoms with Crippen molar-refractivity contribution in [3.63, 3.8) is 0 Å². The largest absolute Gasteiger partial charge is 0.316 e. The SMILES string of the molecule is CC(C)CNCCCc1nnc(Cc2cccc(F)c2)s1. The zero-order valence-corrected chi connectivity index (χ0v) is 13.4. The van der Waals surface area contributed by atoms with Gasteiger partial charge in [0, 0.05) is 12.8 Å². The molecule has 2 aromatic rings. The predicted octanol–water partition coefficient (Wildman–Crippen LogP) is 3.45. The van der Waals surface area contributed by atoms with Crippen molar-refractivity contribution in [3.05, 3.63) is 45.7 Å². The van der Waals surface area contributed by atoms with Crippen LogP contribution >= 0.6 is 11.3 Å². The summed E-state index contributed by atoms with van der Waals surface area (Å²) in [5, 5.41) is 13.8. The Kier molecular flexibility index (Phi) is 6.26. The monoisotopic (exact) mass is 307 g/mol. The molecule has 1 heterocycles. The third-order valence-electron chi connectivity index (χ3n) is 3.05. The molecule has 0 aliphatic carbocycles. The lowest BCUT2D eigenvalue weighted by Gasteiger charge is -2.05. The number of nitrogens with zero attached hydrogens (tertiary/aromatic N) is 2. The molecule has 21 heavy (non-hydrogen) atoms. The molecule has 1 aromatic heterocycles. The molecule has 0 aliphatic rings. The summed E-state index contributed by atoms with van der Waals surface area (Å²) in [6.07, 6.45) is 2.67. The maximum absolute atomic E-state index is 13.1. The molecular formula is C16H22FN3S. The summed E-state index contributed by atoms with van der Waals surface area (Å²) in [5.41, 5.74) is 0.941. The van der Waals surface area contributed by atoms with E-state index in [9.17, 15) is 4.39 Å². The lowest BCUT2D eigenvalue weighted by Crippen LogP contribution is -2.21. The number of aryl methyl sites for hydroxylation is 1. The second kappa shape index (κ2) is 8.20. The molecule has 0 radical (unpaired) electrons.